The number of carbonyl (C=O) groups excluding carboxylic acids is 2. The van der Waals surface area contributed by atoms with Crippen molar-refractivity contribution in [2.24, 2.45) is 0 Å². The van der Waals surface area contributed by atoms with E-state index in [1.807, 2.05) is 18.2 Å². The molecule has 6 heteroatoms. The first-order valence-corrected chi connectivity index (χ1v) is 8.10. The molecule has 2 aromatic carbocycles. The molecule has 2 heterocycles. The lowest BCUT2D eigenvalue weighted by molar-refractivity contribution is -0.122. The highest BCUT2D eigenvalue weighted by molar-refractivity contribution is 8.03. The van der Waals surface area contributed by atoms with E-state index in [0.717, 1.165) is 5.56 Å². The van der Waals surface area contributed by atoms with E-state index < -0.39 is 15.9 Å². The minimum absolute atomic E-state index is 0.201. The second-order valence-corrected chi connectivity index (χ2v) is 7.09. The minimum Gasteiger partial charge on any atom is -0.323 e. The normalized spacial score (nSPS) is 25.8. The van der Waals surface area contributed by atoms with Gasteiger partial charge in [0.15, 0.2) is 0 Å². The number of benzene rings is 2. The van der Waals surface area contributed by atoms with Crippen LogP contribution in [0.4, 0.5) is 15.8 Å². The number of anilines is 2. The van der Waals surface area contributed by atoms with Crippen molar-refractivity contribution in [3.63, 3.8) is 0 Å². The fourth-order valence-corrected chi connectivity index (χ4v) is 4.66. The first-order chi connectivity index (χ1) is 11.0. The Morgan fingerprint density at radius 1 is 1.17 bits per heavy atom. The van der Waals surface area contributed by atoms with Crippen LogP contribution >= 0.6 is 11.8 Å². The Kier molecular flexibility index (Phi) is 2.99. The molecule has 0 aliphatic carbocycles. The molecule has 0 radical (unpaired) electrons. The van der Waals surface area contributed by atoms with Gasteiger partial charge in [0.25, 0.3) is 5.91 Å². The summed E-state index contributed by atoms with van der Waals surface area (Å²) < 4.78 is 13.7. The minimum atomic E-state index is -1.18. The van der Waals surface area contributed by atoms with Crippen LogP contribution in [0.2, 0.25) is 0 Å². The van der Waals surface area contributed by atoms with E-state index in [1.54, 1.807) is 19.1 Å². The first-order valence-electron chi connectivity index (χ1n) is 7.22. The summed E-state index contributed by atoms with van der Waals surface area (Å²) in [6.45, 7) is 1.77. The number of rotatable bonds is 1. The molecule has 0 saturated carbocycles. The van der Waals surface area contributed by atoms with Gasteiger partial charge in [0.05, 0.1) is 5.25 Å². The summed E-state index contributed by atoms with van der Waals surface area (Å²) in [5.41, 5.74) is 1.81. The summed E-state index contributed by atoms with van der Waals surface area (Å²) >= 11 is 1.29. The molecule has 1 N–H and O–H groups in total. The van der Waals surface area contributed by atoms with Gasteiger partial charge in [-0.3, -0.25) is 14.5 Å². The Labute approximate surface area is 136 Å². The van der Waals surface area contributed by atoms with Gasteiger partial charge in [-0.1, -0.05) is 24.3 Å². The molecule has 0 unspecified atom stereocenters. The van der Waals surface area contributed by atoms with Gasteiger partial charge in [0.1, 0.15) is 5.82 Å². The lowest BCUT2D eigenvalue weighted by atomic mass is 10.0. The number of carbonyl (C=O) groups is 2. The number of hydrogen-bond acceptors (Lipinski definition) is 3. The highest BCUT2D eigenvalue weighted by Crippen LogP contribution is 2.55. The maximum absolute atomic E-state index is 13.7. The highest BCUT2D eigenvalue weighted by atomic mass is 32.2. The Hall–Kier alpha value is -2.34. The van der Waals surface area contributed by atoms with Crippen molar-refractivity contribution in [2.45, 2.75) is 17.0 Å². The maximum atomic E-state index is 13.7. The number of para-hydroxylation sites is 1. The van der Waals surface area contributed by atoms with Gasteiger partial charge in [0.2, 0.25) is 10.8 Å². The third-order valence-electron chi connectivity index (χ3n) is 4.14. The largest absolute Gasteiger partial charge is 0.323 e. The van der Waals surface area contributed by atoms with E-state index >= 15 is 0 Å². The molecule has 2 aliphatic rings. The first kappa shape index (κ1) is 14.3. The van der Waals surface area contributed by atoms with E-state index in [9.17, 15) is 14.0 Å². The van der Waals surface area contributed by atoms with Crippen LogP contribution < -0.4 is 10.2 Å². The quantitative estimate of drug-likeness (QED) is 0.875. The molecule has 1 fully saturated rings. The Morgan fingerprint density at radius 3 is 2.74 bits per heavy atom. The number of nitrogens with one attached hydrogen (secondary N) is 1. The highest BCUT2D eigenvalue weighted by Gasteiger charge is 2.60. The Morgan fingerprint density at radius 2 is 1.96 bits per heavy atom. The van der Waals surface area contributed by atoms with Gasteiger partial charge in [-0.15, -0.1) is 11.8 Å². The van der Waals surface area contributed by atoms with E-state index in [-0.39, 0.29) is 11.8 Å². The number of nitrogens with zero attached hydrogens (tertiary/aromatic N) is 1. The zero-order chi connectivity index (χ0) is 16.2. The van der Waals surface area contributed by atoms with E-state index in [0.29, 0.717) is 11.4 Å². The number of hydrogen-bond donors (Lipinski definition) is 1. The smallest absolute Gasteiger partial charge is 0.266 e. The van der Waals surface area contributed by atoms with E-state index in [4.69, 9.17) is 0 Å². The molecule has 1 saturated heterocycles. The van der Waals surface area contributed by atoms with Crippen LogP contribution in [0.1, 0.15) is 12.5 Å². The molecule has 2 aromatic rings. The average molecular weight is 328 g/mol. The molecule has 116 valence electrons. The monoisotopic (exact) mass is 328 g/mol. The van der Waals surface area contributed by atoms with Crippen LogP contribution in [0.5, 0.6) is 0 Å². The standard InChI is InChI=1S/C17H13FN2O2S/c1-10-15(21)20(12-6-4-5-11(18)9-12)17(23-10)13-7-2-3-8-14(13)19-16(17)22/h2-10H,1H3,(H,19,22)/t10-,17-/m1/s1. The zero-order valence-electron chi connectivity index (χ0n) is 12.2. The van der Waals surface area contributed by atoms with Crippen LogP contribution in [0.3, 0.4) is 0 Å². The summed E-state index contributed by atoms with van der Waals surface area (Å²) in [5.74, 6) is -0.917. The molecule has 23 heavy (non-hydrogen) atoms. The fraction of sp³-hybridized carbons (Fsp3) is 0.176. The maximum Gasteiger partial charge on any atom is 0.266 e. The van der Waals surface area contributed by atoms with E-state index in [2.05, 4.69) is 5.32 Å². The third kappa shape index (κ3) is 1.84. The molecule has 2 aliphatic heterocycles. The summed E-state index contributed by atoms with van der Waals surface area (Å²) in [5, 5.41) is 2.44. The number of thioether (sulfide) groups is 1. The summed E-state index contributed by atoms with van der Waals surface area (Å²) in [7, 11) is 0. The molecule has 4 rings (SSSR count). The second kappa shape index (κ2) is 4.83. The number of amides is 2. The van der Waals surface area contributed by atoms with Gasteiger partial charge in [0, 0.05) is 16.9 Å². The number of halogens is 1. The van der Waals surface area contributed by atoms with E-state index in [1.165, 1.54) is 34.9 Å². The van der Waals surface area contributed by atoms with Crippen LogP contribution in [-0.4, -0.2) is 17.1 Å². The van der Waals surface area contributed by atoms with Gasteiger partial charge in [-0.05, 0) is 31.2 Å². The second-order valence-electron chi connectivity index (χ2n) is 5.56. The predicted molar refractivity (Wildman–Crippen MR) is 87.7 cm³/mol. The van der Waals surface area contributed by atoms with Gasteiger partial charge in [-0.25, -0.2) is 4.39 Å². The molecular weight excluding hydrogens is 315 g/mol. The molecule has 0 aromatic heterocycles. The van der Waals surface area contributed by atoms with Crippen molar-refractivity contribution in [3.05, 3.63) is 59.9 Å². The molecular formula is C17H13FN2O2S. The predicted octanol–water partition coefficient (Wildman–Crippen LogP) is 3.10. The third-order valence-corrected chi connectivity index (χ3v) is 5.63. The van der Waals surface area contributed by atoms with Gasteiger partial charge >= 0.3 is 0 Å². The van der Waals surface area contributed by atoms with Crippen LogP contribution in [-0.2, 0) is 14.5 Å². The van der Waals surface area contributed by atoms with Crippen LogP contribution in [0, 0.1) is 5.82 Å². The molecule has 2 atom stereocenters. The molecule has 1 spiro atoms. The van der Waals surface area contributed by atoms with Crippen molar-refractivity contribution >= 4 is 35.0 Å². The van der Waals surface area contributed by atoms with Gasteiger partial charge < -0.3 is 5.32 Å². The lowest BCUT2D eigenvalue weighted by Crippen LogP contribution is -2.47. The Balaban J connectivity index is 1.96. The Bertz CT molecular complexity index is 841. The SMILES string of the molecule is C[C@H]1S[C@]2(C(=O)Nc3ccccc32)N(c2cccc(F)c2)C1=O. The molecule has 4 nitrogen and oxygen atoms in total. The summed E-state index contributed by atoms with van der Waals surface area (Å²) in [6, 6.07) is 13.1. The number of fused-ring (bicyclic) bond motifs is 2. The molecule has 2 amide bonds. The van der Waals surface area contributed by atoms with Crippen molar-refractivity contribution in [3.8, 4) is 0 Å². The summed E-state index contributed by atoms with van der Waals surface area (Å²) in [4.78, 5) is 25.8. The van der Waals surface area contributed by atoms with Crippen molar-refractivity contribution in [1.82, 2.24) is 0 Å². The van der Waals surface area contributed by atoms with Crippen LogP contribution in [0.25, 0.3) is 0 Å². The topological polar surface area (TPSA) is 49.4 Å². The van der Waals surface area contributed by atoms with Gasteiger partial charge in [-0.2, -0.15) is 0 Å². The van der Waals surface area contributed by atoms with Crippen LogP contribution in [0.15, 0.2) is 48.5 Å². The fourth-order valence-electron chi connectivity index (χ4n) is 3.18. The van der Waals surface area contributed by atoms with Crippen molar-refractivity contribution in [1.29, 1.82) is 0 Å². The zero-order valence-corrected chi connectivity index (χ0v) is 13.1. The molecule has 0 bridgehead atoms. The lowest BCUT2D eigenvalue weighted by Gasteiger charge is -2.32. The van der Waals surface area contributed by atoms with Crippen molar-refractivity contribution < 1.29 is 14.0 Å². The summed E-state index contributed by atoms with van der Waals surface area (Å²) in [6.07, 6.45) is 0. The average Bonchev–Trinajstić information content (AvgIpc) is 2.95. The van der Waals surface area contributed by atoms with Crippen molar-refractivity contribution in [2.75, 3.05) is 10.2 Å².